The topological polar surface area (TPSA) is 84.9 Å². The lowest BCUT2D eigenvalue weighted by atomic mass is 10.3. The van der Waals surface area contributed by atoms with Gasteiger partial charge < -0.3 is 14.2 Å². The largest absolute Gasteiger partial charge is 0.480 e. The molecule has 2 rings (SSSR count). The van der Waals surface area contributed by atoms with Crippen molar-refractivity contribution in [3.8, 4) is 11.5 Å². The van der Waals surface area contributed by atoms with Crippen molar-refractivity contribution in [2.24, 2.45) is 0 Å². The van der Waals surface area contributed by atoms with Gasteiger partial charge >= 0.3 is 13.6 Å². The van der Waals surface area contributed by atoms with E-state index in [0.717, 1.165) is 0 Å². The van der Waals surface area contributed by atoms with Gasteiger partial charge in [0.2, 0.25) is 0 Å². The fraction of sp³-hybridized carbons (Fsp3) is 0.133. The molecule has 2 aromatic rings. The normalized spacial score (nSPS) is 11.1. The molecule has 6 nitrogen and oxygen atoms in total. The summed E-state index contributed by atoms with van der Waals surface area (Å²) in [4.78, 5) is 10.6. The number of aliphatic carboxylic acids is 1. The maximum Gasteiger partial charge on any atom is 0.444 e. The van der Waals surface area contributed by atoms with Crippen LogP contribution in [0.4, 0.5) is 0 Å². The zero-order chi connectivity index (χ0) is 17.6. The van der Waals surface area contributed by atoms with Crippen molar-refractivity contribution in [3.63, 3.8) is 0 Å². The Kier molecular flexibility index (Phi) is 6.52. The van der Waals surface area contributed by atoms with Gasteiger partial charge in [0.25, 0.3) is 0 Å². The van der Waals surface area contributed by atoms with E-state index in [0.29, 0.717) is 10.0 Å². The fourth-order valence-electron chi connectivity index (χ4n) is 1.75. The predicted octanol–water partition coefficient (Wildman–Crippen LogP) is 4.28. The van der Waals surface area contributed by atoms with Crippen LogP contribution < -0.4 is 14.4 Å². The molecular weight excluding hydrogens is 376 g/mol. The molecule has 0 aliphatic carbocycles. The first-order valence-electron chi connectivity index (χ1n) is 6.78. The average Bonchev–Trinajstić information content (AvgIpc) is 2.46. The van der Waals surface area contributed by atoms with Crippen LogP contribution in [0.3, 0.4) is 0 Å². The van der Waals surface area contributed by atoms with E-state index in [1.165, 1.54) is 12.1 Å². The first-order valence-corrected chi connectivity index (χ1v) is 9.27. The SMILES string of the molecule is O=C(O)CNCP(=O)(Oc1cccc(Cl)c1)Oc1cccc(Cl)c1. The van der Waals surface area contributed by atoms with Gasteiger partial charge in [0.05, 0.1) is 6.54 Å². The molecule has 128 valence electrons. The summed E-state index contributed by atoms with van der Waals surface area (Å²) in [6.45, 7) is -0.387. The zero-order valence-corrected chi connectivity index (χ0v) is 14.7. The minimum atomic E-state index is -3.75. The number of nitrogens with one attached hydrogen (secondary N) is 1. The Balaban J connectivity index is 2.19. The van der Waals surface area contributed by atoms with Gasteiger partial charge in [-0.1, -0.05) is 35.3 Å². The molecular formula is C15H14Cl2NO5P. The van der Waals surface area contributed by atoms with Crippen molar-refractivity contribution in [2.45, 2.75) is 0 Å². The number of hydrogen-bond acceptors (Lipinski definition) is 5. The van der Waals surface area contributed by atoms with Crippen LogP contribution in [0.5, 0.6) is 11.5 Å². The third-order valence-corrected chi connectivity index (χ3v) is 4.72. The van der Waals surface area contributed by atoms with Crippen molar-refractivity contribution in [1.29, 1.82) is 0 Å². The van der Waals surface area contributed by atoms with E-state index in [1.807, 2.05) is 0 Å². The van der Waals surface area contributed by atoms with Gasteiger partial charge in [0.1, 0.15) is 17.8 Å². The summed E-state index contributed by atoms with van der Waals surface area (Å²) in [5.41, 5.74) is 0. The maximum absolute atomic E-state index is 13.0. The first kappa shape index (κ1) is 18.6. The molecule has 0 bridgehead atoms. The van der Waals surface area contributed by atoms with Gasteiger partial charge in [-0.05, 0) is 36.4 Å². The van der Waals surface area contributed by atoms with E-state index in [4.69, 9.17) is 37.4 Å². The molecule has 0 spiro atoms. The van der Waals surface area contributed by atoms with Crippen LogP contribution in [0.25, 0.3) is 0 Å². The van der Waals surface area contributed by atoms with Crippen molar-refractivity contribution in [2.75, 3.05) is 12.8 Å². The second kappa shape index (κ2) is 8.40. The summed E-state index contributed by atoms with van der Waals surface area (Å²) in [6.07, 6.45) is -0.307. The highest BCUT2D eigenvalue weighted by atomic mass is 35.5. The van der Waals surface area contributed by atoms with E-state index >= 15 is 0 Å². The molecule has 9 heteroatoms. The third-order valence-electron chi connectivity index (χ3n) is 2.66. The van der Waals surface area contributed by atoms with Crippen molar-refractivity contribution in [1.82, 2.24) is 5.32 Å². The van der Waals surface area contributed by atoms with Crippen LogP contribution in [0, 0.1) is 0 Å². The van der Waals surface area contributed by atoms with Crippen molar-refractivity contribution < 1.29 is 23.5 Å². The predicted molar refractivity (Wildman–Crippen MR) is 92.3 cm³/mol. The molecule has 0 unspecified atom stereocenters. The number of rotatable bonds is 8. The van der Waals surface area contributed by atoms with Gasteiger partial charge in [-0.15, -0.1) is 0 Å². The Morgan fingerprint density at radius 2 is 1.54 bits per heavy atom. The standard InChI is InChI=1S/C15H14Cl2NO5P/c16-11-3-1-5-13(7-11)22-24(21,10-18-9-15(19)20)23-14-6-2-4-12(17)8-14/h1-8,18H,9-10H2,(H,19,20). The van der Waals surface area contributed by atoms with E-state index in [9.17, 15) is 9.36 Å². The Morgan fingerprint density at radius 1 is 1.04 bits per heavy atom. The molecule has 2 aromatic carbocycles. The lowest BCUT2D eigenvalue weighted by molar-refractivity contribution is -0.135. The van der Waals surface area contributed by atoms with Gasteiger partial charge in [-0.3, -0.25) is 10.1 Å². The number of hydrogen-bond donors (Lipinski definition) is 2. The van der Waals surface area contributed by atoms with Crippen molar-refractivity contribution in [3.05, 3.63) is 58.6 Å². The third kappa shape index (κ3) is 6.06. The highest BCUT2D eigenvalue weighted by Crippen LogP contribution is 2.48. The first-order chi connectivity index (χ1) is 11.4. The summed E-state index contributed by atoms with van der Waals surface area (Å²) in [5, 5.41) is 12.0. The molecule has 0 aromatic heterocycles. The van der Waals surface area contributed by atoms with Gasteiger partial charge in [0, 0.05) is 10.0 Å². The quantitative estimate of drug-likeness (QED) is 0.655. The summed E-state index contributed by atoms with van der Waals surface area (Å²) in [7, 11) is -3.75. The fourth-order valence-corrected chi connectivity index (χ4v) is 3.53. The Morgan fingerprint density at radius 3 is 1.96 bits per heavy atom. The molecule has 0 amide bonds. The number of benzene rings is 2. The smallest absolute Gasteiger partial charge is 0.444 e. The van der Waals surface area contributed by atoms with E-state index in [2.05, 4.69) is 5.32 Å². The molecule has 0 atom stereocenters. The second-order valence-electron chi connectivity index (χ2n) is 4.69. The average molecular weight is 390 g/mol. The molecule has 0 aliphatic heterocycles. The van der Waals surface area contributed by atoms with Crippen LogP contribution in [0.15, 0.2) is 48.5 Å². The number of carboxylic acid groups (broad SMARTS) is 1. The molecule has 0 saturated carbocycles. The summed E-state index contributed by atoms with van der Waals surface area (Å²) in [5.74, 6) is -0.609. The zero-order valence-electron chi connectivity index (χ0n) is 12.3. The molecule has 0 aliphatic rings. The highest BCUT2D eigenvalue weighted by molar-refractivity contribution is 7.54. The monoisotopic (exact) mass is 389 g/mol. The number of carboxylic acids is 1. The minimum absolute atomic E-state index is 0.241. The highest BCUT2D eigenvalue weighted by Gasteiger charge is 2.28. The van der Waals surface area contributed by atoms with Gasteiger partial charge in [0.15, 0.2) is 0 Å². The molecule has 2 N–H and O–H groups in total. The summed E-state index contributed by atoms with van der Waals surface area (Å²) in [6, 6.07) is 12.6. The van der Waals surface area contributed by atoms with Crippen LogP contribution in [-0.2, 0) is 9.36 Å². The Labute approximate surface area is 148 Å². The summed E-state index contributed by atoms with van der Waals surface area (Å²) >= 11 is 11.8. The lowest BCUT2D eigenvalue weighted by Gasteiger charge is -2.20. The number of carbonyl (C=O) groups is 1. The second-order valence-corrected chi connectivity index (χ2v) is 7.46. The molecule has 24 heavy (non-hydrogen) atoms. The molecule has 0 heterocycles. The van der Waals surface area contributed by atoms with E-state index in [1.54, 1.807) is 36.4 Å². The lowest BCUT2D eigenvalue weighted by Crippen LogP contribution is -2.25. The molecule has 0 fully saturated rings. The van der Waals surface area contributed by atoms with Crippen LogP contribution >= 0.6 is 30.8 Å². The van der Waals surface area contributed by atoms with E-state index < -0.39 is 13.6 Å². The van der Waals surface area contributed by atoms with Crippen molar-refractivity contribution >= 4 is 36.8 Å². The van der Waals surface area contributed by atoms with Gasteiger partial charge in [-0.25, -0.2) is 4.57 Å². The van der Waals surface area contributed by atoms with Crippen LogP contribution in [0.1, 0.15) is 0 Å². The molecule has 0 radical (unpaired) electrons. The maximum atomic E-state index is 13.0. The Hall–Kier alpha value is -1.72. The van der Waals surface area contributed by atoms with Gasteiger partial charge in [-0.2, -0.15) is 0 Å². The van der Waals surface area contributed by atoms with Crippen LogP contribution in [-0.4, -0.2) is 23.9 Å². The Bertz CT molecular complexity index is 720. The molecule has 0 saturated heterocycles. The summed E-state index contributed by atoms with van der Waals surface area (Å²) < 4.78 is 23.9. The van der Waals surface area contributed by atoms with Crippen LogP contribution in [0.2, 0.25) is 10.0 Å². The minimum Gasteiger partial charge on any atom is -0.480 e. The van der Waals surface area contributed by atoms with E-state index in [-0.39, 0.29) is 24.3 Å². The number of halogens is 2.